The number of benzene rings is 2. The number of nitrogens with zero attached hydrogens (tertiary/aromatic N) is 3. The fraction of sp³-hybridized carbons (Fsp3) is 0.304. The molecule has 1 aliphatic heterocycles. The van der Waals surface area contributed by atoms with E-state index >= 15 is 0 Å². The molecule has 6 rings (SSSR count). The molecule has 1 fully saturated rings. The van der Waals surface area contributed by atoms with E-state index in [1.807, 2.05) is 18.3 Å². The fourth-order valence-corrected chi connectivity index (χ4v) is 5.90. The summed E-state index contributed by atoms with van der Waals surface area (Å²) in [7, 11) is -1.13. The predicted molar refractivity (Wildman–Crippen MR) is 122 cm³/mol. The van der Waals surface area contributed by atoms with Gasteiger partial charge in [-0.05, 0) is 42.2 Å². The Kier molecular flexibility index (Phi) is 4.70. The Morgan fingerprint density at radius 1 is 1.21 bits per heavy atom. The first-order valence-corrected chi connectivity index (χ1v) is 12.3. The van der Waals surface area contributed by atoms with Crippen LogP contribution >= 0.6 is 0 Å². The maximum absolute atomic E-state index is 13.6. The molecule has 0 amide bonds. The van der Waals surface area contributed by atoms with Gasteiger partial charge in [-0.2, -0.15) is 5.10 Å². The Bertz CT molecular complexity index is 1500. The van der Waals surface area contributed by atoms with Crippen LogP contribution in [0.5, 0.6) is 17.2 Å². The van der Waals surface area contributed by atoms with Crippen LogP contribution in [0.2, 0.25) is 0 Å². The minimum absolute atomic E-state index is 0.0312. The number of hydrogen-bond donors (Lipinski definition) is 1. The molecule has 2 aromatic carbocycles. The lowest BCUT2D eigenvalue weighted by Crippen LogP contribution is -2.19. The van der Waals surface area contributed by atoms with Gasteiger partial charge in [-0.1, -0.05) is 11.2 Å². The second-order valence-corrected chi connectivity index (χ2v) is 10.0. The van der Waals surface area contributed by atoms with Crippen molar-refractivity contribution in [2.24, 2.45) is 5.92 Å². The standard InChI is InChI=1S/C23H22N4O6S/c1-30-18-5-4-15-16-8-14(16)12-32-21(15)22(18)34(28,29)26-23-17-10-19(31-2)13(9-20(17)33-25-23)11-27-7-3-6-24-27/h3-7,9-10,14,16H,8,11-12H2,1-2H3,(H,25,26)/t14-,16-/m0/s1. The van der Waals surface area contributed by atoms with Gasteiger partial charge in [0.2, 0.25) is 0 Å². The Morgan fingerprint density at radius 3 is 2.82 bits per heavy atom. The molecular weight excluding hydrogens is 460 g/mol. The molecule has 11 heteroatoms. The Balaban J connectivity index is 1.39. The van der Waals surface area contributed by atoms with Gasteiger partial charge >= 0.3 is 0 Å². The van der Waals surface area contributed by atoms with Crippen LogP contribution in [0.1, 0.15) is 23.5 Å². The summed E-state index contributed by atoms with van der Waals surface area (Å²) in [6.45, 7) is 0.956. The third-order valence-corrected chi connectivity index (χ3v) is 7.74. The topological polar surface area (TPSA) is 118 Å². The summed E-state index contributed by atoms with van der Waals surface area (Å²) in [6.07, 6.45) is 4.53. The molecule has 176 valence electrons. The van der Waals surface area contributed by atoms with E-state index in [2.05, 4.69) is 15.0 Å². The molecule has 0 unspecified atom stereocenters. The second-order valence-electron chi connectivity index (χ2n) is 8.43. The summed E-state index contributed by atoms with van der Waals surface area (Å²) in [6, 6.07) is 8.85. The SMILES string of the molecule is COc1cc2c(NS(=O)(=O)c3c(OC)ccc4c3OC[C@@H]3C[C@H]43)noc2cc1Cn1cccn1. The van der Waals surface area contributed by atoms with Gasteiger partial charge in [0.25, 0.3) is 10.0 Å². The van der Waals surface area contributed by atoms with Crippen LogP contribution in [0.25, 0.3) is 11.0 Å². The number of methoxy groups -OCH3 is 2. The van der Waals surface area contributed by atoms with Gasteiger partial charge in [0.05, 0.1) is 32.8 Å². The van der Waals surface area contributed by atoms with E-state index in [1.165, 1.54) is 7.11 Å². The van der Waals surface area contributed by atoms with Crippen molar-refractivity contribution < 1.29 is 27.2 Å². The predicted octanol–water partition coefficient (Wildman–Crippen LogP) is 3.39. The lowest BCUT2D eigenvalue weighted by atomic mass is 10.1. The van der Waals surface area contributed by atoms with Crippen LogP contribution in [0.15, 0.2) is 52.1 Å². The fourth-order valence-electron chi connectivity index (χ4n) is 4.56. The van der Waals surface area contributed by atoms with Crippen LogP contribution in [0.3, 0.4) is 0 Å². The maximum Gasteiger partial charge on any atom is 0.270 e. The van der Waals surface area contributed by atoms with Crippen LogP contribution < -0.4 is 18.9 Å². The monoisotopic (exact) mass is 482 g/mol. The summed E-state index contributed by atoms with van der Waals surface area (Å²) in [5.74, 6) is 1.94. The third-order valence-electron chi connectivity index (χ3n) is 6.35. The molecule has 1 N–H and O–H groups in total. The summed E-state index contributed by atoms with van der Waals surface area (Å²) in [5.41, 5.74) is 2.13. The lowest BCUT2D eigenvalue weighted by Gasteiger charge is -2.21. The van der Waals surface area contributed by atoms with E-state index < -0.39 is 10.0 Å². The summed E-state index contributed by atoms with van der Waals surface area (Å²) >= 11 is 0. The zero-order chi connectivity index (χ0) is 23.4. The molecule has 2 atom stereocenters. The number of hydrogen-bond acceptors (Lipinski definition) is 8. The van der Waals surface area contributed by atoms with Crippen molar-refractivity contribution >= 4 is 26.8 Å². The van der Waals surface area contributed by atoms with Crippen molar-refractivity contribution in [1.29, 1.82) is 0 Å². The van der Waals surface area contributed by atoms with Gasteiger partial charge in [-0.15, -0.1) is 0 Å². The second kappa shape index (κ2) is 7.66. The van der Waals surface area contributed by atoms with Crippen LogP contribution in [0, 0.1) is 5.92 Å². The maximum atomic E-state index is 13.6. The van der Waals surface area contributed by atoms with Gasteiger partial charge in [0.15, 0.2) is 16.3 Å². The van der Waals surface area contributed by atoms with Gasteiger partial charge in [0, 0.05) is 23.9 Å². The van der Waals surface area contributed by atoms with Crippen molar-refractivity contribution in [3.05, 3.63) is 53.9 Å². The minimum Gasteiger partial charge on any atom is -0.496 e. The number of anilines is 1. The summed E-state index contributed by atoms with van der Waals surface area (Å²) < 4.78 is 53.7. The normalized spacial score (nSPS) is 18.6. The Labute approximate surface area is 195 Å². The third kappa shape index (κ3) is 3.35. The van der Waals surface area contributed by atoms with Crippen LogP contribution in [-0.2, 0) is 16.6 Å². The van der Waals surface area contributed by atoms with E-state index in [1.54, 1.807) is 36.2 Å². The van der Waals surface area contributed by atoms with Crippen LogP contribution in [-0.4, -0.2) is 44.2 Å². The highest BCUT2D eigenvalue weighted by atomic mass is 32.2. The number of aromatic nitrogens is 3. The zero-order valence-electron chi connectivity index (χ0n) is 18.5. The smallest absolute Gasteiger partial charge is 0.270 e. The van der Waals surface area contributed by atoms with Crippen LogP contribution in [0.4, 0.5) is 5.82 Å². The zero-order valence-corrected chi connectivity index (χ0v) is 19.3. The molecule has 34 heavy (non-hydrogen) atoms. The Morgan fingerprint density at radius 2 is 2.06 bits per heavy atom. The average molecular weight is 483 g/mol. The Hall–Kier alpha value is -3.73. The molecule has 4 aromatic rings. The quantitative estimate of drug-likeness (QED) is 0.426. The van der Waals surface area contributed by atoms with Crippen molar-refractivity contribution in [2.75, 3.05) is 25.5 Å². The van der Waals surface area contributed by atoms with Crippen molar-refractivity contribution in [1.82, 2.24) is 14.9 Å². The molecule has 0 spiro atoms. The molecule has 0 radical (unpaired) electrons. The molecule has 1 aliphatic carbocycles. The first kappa shape index (κ1) is 20.8. The number of nitrogens with one attached hydrogen (secondary N) is 1. The highest BCUT2D eigenvalue weighted by molar-refractivity contribution is 7.93. The molecule has 0 saturated heterocycles. The highest BCUT2D eigenvalue weighted by Gasteiger charge is 2.46. The molecule has 3 heterocycles. The number of ether oxygens (including phenoxy) is 3. The number of rotatable bonds is 7. The largest absolute Gasteiger partial charge is 0.496 e. The first-order chi connectivity index (χ1) is 16.5. The molecule has 2 aliphatic rings. The van der Waals surface area contributed by atoms with E-state index in [9.17, 15) is 8.42 Å². The van der Waals surface area contributed by atoms with Crippen molar-refractivity contribution in [2.45, 2.75) is 23.8 Å². The van der Waals surface area contributed by atoms with E-state index in [4.69, 9.17) is 18.7 Å². The van der Waals surface area contributed by atoms with Crippen molar-refractivity contribution in [3.8, 4) is 17.2 Å². The summed E-state index contributed by atoms with van der Waals surface area (Å²) in [4.78, 5) is -0.0312. The van der Waals surface area contributed by atoms with Gasteiger partial charge in [-0.3, -0.25) is 9.40 Å². The minimum atomic E-state index is -4.11. The number of sulfonamides is 1. The van der Waals surface area contributed by atoms with Gasteiger partial charge < -0.3 is 18.7 Å². The molecule has 10 nitrogen and oxygen atoms in total. The lowest BCUT2D eigenvalue weighted by molar-refractivity contribution is 0.267. The summed E-state index contributed by atoms with van der Waals surface area (Å²) in [5, 5.41) is 8.67. The molecule has 2 aromatic heterocycles. The molecular formula is C23H22N4O6S. The van der Waals surface area contributed by atoms with E-state index in [0.29, 0.717) is 47.5 Å². The van der Waals surface area contributed by atoms with E-state index in [-0.39, 0.29) is 16.5 Å². The first-order valence-electron chi connectivity index (χ1n) is 10.8. The molecule has 0 bridgehead atoms. The van der Waals surface area contributed by atoms with Gasteiger partial charge in [0.1, 0.15) is 17.2 Å². The number of fused-ring (bicyclic) bond motifs is 4. The van der Waals surface area contributed by atoms with Crippen molar-refractivity contribution in [3.63, 3.8) is 0 Å². The van der Waals surface area contributed by atoms with E-state index in [0.717, 1.165) is 17.5 Å². The van der Waals surface area contributed by atoms with Gasteiger partial charge in [-0.25, -0.2) is 8.42 Å². The highest BCUT2D eigenvalue weighted by Crippen LogP contribution is 2.56. The molecule has 1 saturated carbocycles. The average Bonchev–Trinajstić information content (AvgIpc) is 3.29.